The molecule has 5 atom stereocenters. The van der Waals surface area contributed by atoms with E-state index in [4.69, 9.17) is 21.9 Å². The van der Waals surface area contributed by atoms with Gasteiger partial charge in [-0.15, -0.1) is 0 Å². The van der Waals surface area contributed by atoms with Crippen molar-refractivity contribution < 1.29 is 4.74 Å². The quantitative estimate of drug-likeness (QED) is 0.532. The molecule has 5 nitrogen and oxygen atoms in total. The first-order chi connectivity index (χ1) is 12.7. The number of ether oxygens (including phenoxy) is 1. The van der Waals surface area contributed by atoms with E-state index in [1.54, 1.807) is 7.11 Å². The van der Waals surface area contributed by atoms with Crippen molar-refractivity contribution in [1.82, 2.24) is 5.32 Å². The van der Waals surface area contributed by atoms with Crippen LogP contribution in [0.15, 0.2) is 0 Å². The molecular formula is C22H54N4O. The Morgan fingerprint density at radius 2 is 1.48 bits per heavy atom. The molecule has 168 valence electrons. The first-order valence-electron chi connectivity index (χ1n) is 11.1. The van der Waals surface area contributed by atoms with Crippen LogP contribution in [0.5, 0.6) is 0 Å². The van der Waals surface area contributed by atoms with Gasteiger partial charge in [0.2, 0.25) is 0 Å². The molecule has 1 aliphatic rings. The zero-order chi connectivity index (χ0) is 21.7. The molecule has 0 radical (unpaired) electrons. The molecule has 5 unspecified atom stereocenters. The molecule has 0 aromatic heterocycles. The van der Waals surface area contributed by atoms with E-state index in [1.807, 2.05) is 6.92 Å². The van der Waals surface area contributed by atoms with E-state index in [1.165, 1.54) is 32.4 Å². The minimum atomic E-state index is 0.384. The van der Waals surface area contributed by atoms with Gasteiger partial charge in [-0.3, -0.25) is 0 Å². The first kappa shape index (κ1) is 31.5. The van der Waals surface area contributed by atoms with Crippen molar-refractivity contribution in [3.63, 3.8) is 0 Å². The van der Waals surface area contributed by atoms with Crippen molar-refractivity contribution in [2.45, 2.75) is 80.2 Å². The molecule has 5 heteroatoms. The summed E-state index contributed by atoms with van der Waals surface area (Å²) in [6.07, 6.45) is 5.07. The van der Waals surface area contributed by atoms with Gasteiger partial charge in [-0.25, -0.2) is 0 Å². The molecule has 0 amide bonds. The summed E-state index contributed by atoms with van der Waals surface area (Å²) in [4.78, 5) is 0. The van der Waals surface area contributed by atoms with E-state index in [9.17, 15) is 0 Å². The fraction of sp³-hybridized carbons (Fsp3) is 1.00. The number of hydrogen-bond donors (Lipinski definition) is 4. The highest BCUT2D eigenvalue weighted by Crippen LogP contribution is 2.17. The second-order valence-corrected chi connectivity index (χ2v) is 8.20. The summed E-state index contributed by atoms with van der Waals surface area (Å²) in [7, 11) is 1.69. The number of methoxy groups -OCH3 is 1. The molecule has 7 N–H and O–H groups in total. The third kappa shape index (κ3) is 28.1. The third-order valence-electron chi connectivity index (χ3n) is 4.84. The molecular weight excluding hydrogens is 336 g/mol. The van der Waals surface area contributed by atoms with Gasteiger partial charge >= 0.3 is 0 Å². The number of nitrogens with two attached hydrogens (primary N) is 3. The van der Waals surface area contributed by atoms with E-state index < -0.39 is 0 Å². The standard InChI is InChI=1S/C8H17N.C5H13NO.C5H13N.C4H11N/c1-3-8-4-7(2)5-9-6-8;1-5(3-6)4-7-2;1-3-5(2)4-6;1-3-4(2)5/h7-9H,3-6H2,1-2H3;5H,3-4,6H2,1-2H3;5H,3-4,6H2,1-2H3;4H,3,5H2,1-2H3. The van der Waals surface area contributed by atoms with Crippen LogP contribution < -0.4 is 22.5 Å². The third-order valence-corrected chi connectivity index (χ3v) is 4.84. The minimum absolute atomic E-state index is 0.384. The largest absolute Gasteiger partial charge is 0.384 e. The number of nitrogens with one attached hydrogen (secondary N) is 1. The fourth-order valence-corrected chi connectivity index (χ4v) is 2.10. The number of hydrogen-bond acceptors (Lipinski definition) is 5. The zero-order valence-electron chi connectivity index (χ0n) is 19.9. The van der Waals surface area contributed by atoms with Crippen LogP contribution >= 0.6 is 0 Å². The van der Waals surface area contributed by atoms with Crippen LogP contribution in [0.4, 0.5) is 0 Å². The second-order valence-electron chi connectivity index (χ2n) is 8.20. The monoisotopic (exact) mass is 390 g/mol. The average Bonchev–Trinajstić information content (AvgIpc) is 2.68. The minimum Gasteiger partial charge on any atom is -0.384 e. The number of rotatable bonds is 7. The van der Waals surface area contributed by atoms with E-state index in [2.05, 4.69) is 46.9 Å². The Morgan fingerprint density at radius 3 is 1.67 bits per heavy atom. The van der Waals surface area contributed by atoms with E-state index in [0.717, 1.165) is 31.4 Å². The van der Waals surface area contributed by atoms with Crippen molar-refractivity contribution in [2.24, 2.45) is 40.9 Å². The van der Waals surface area contributed by atoms with Crippen molar-refractivity contribution in [3.8, 4) is 0 Å². The predicted molar refractivity (Wildman–Crippen MR) is 123 cm³/mol. The highest BCUT2D eigenvalue weighted by molar-refractivity contribution is 4.72. The van der Waals surface area contributed by atoms with Gasteiger partial charge in [0.05, 0.1) is 0 Å². The van der Waals surface area contributed by atoms with Crippen LogP contribution in [0.2, 0.25) is 0 Å². The van der Waals surface area contributed by atoms with Gasteiger partial charge in [0, 0.05) is 19.8 Å². The Balaban J connectivity index is -0.000000293. The van der Waals surface area contributed by atoms with Crippen LogP contribution in [0.1, 0.15) is 74.1 Å². The molecule has 0 spiro atoms. The average molecular weight is 391 g/mol. The summed E-state index contributed by atoms with van der Waals surface area (Å²) < 4.78 is 4.81. The summed E-state index contributed by atoms with van der Waals surface area (Å²) in [6, 6.07) is 0.384. The summed E-state index contributed by atoms with van der Waals surface area (Å²) >= 11 is 0. The molecule has 1 rings (SSSR count). The lowest BCUT2D eigenvalue weighted by molar-refractivity contribution is 0.162. The topological polar surface area (TPSA) is 99.3 Å². The molecule has 0 aromatic rings. The molecule has 27 heavy (non-hydrogen) atoms. The highest BCUT2D eigenvalue weighted by Gasteiger charge is 2.15. The van der Waals surface area contributed by atoms with E-state index >= 15 is 0 Å². The van der Waals surface area contributed by atoms with Gasteiger partial charge in [-0.05, 0) is 69.6 Å². The Hall–Kier alpha value is -0.200. The maximum atomic E-state index is 5.29. The lowest BCUT2D eigenvalue weighted by atomic mass is 9.90. The van der Waals surface area contributed by atoms with Crippen molar-refractivity contribution in [2.75, 3.05) is 39.9 Å². The van der Waals surface area contributed by atoms with Crippen LogP contribution in [0, 0.1) is 23.7 Å². The Bertz CT molecular complexity index is 261. The van der Waals surface area contributed by atoms with Gasteiger partial charge in [-0.2, -0.15) is 0 Å². The van der Waals surface area contributed by atoms with Crippen LogP contribution in [-0.4, -0.2) is 45.9 Å². The zero-order valence-corrected chi connectivity index (χ0v) is 19.9. The smallest absolute Gasteiger partial charge is 0.0499 e. The second kappa shape index (κ2) is 23.8. The lowest BCUT2D eigenvalue weighted by Crippen LogP contribution is -2.34. The van der Waals surface area contributed by atoms with Gasteiger partial charge in [0.1, 0.15) is 0 Å². The van der Waals surface area contributed by atoms with Crippen LogP contribution in [0.3, 0.4) is 0 Å². The van der Waals surface area contributed by atoms with Gasteiger partial charge < -0.3 is 27.3 Å². The summed E-state index contributed by atoms with van der Waals surface area (Å²) in [5, 5.41) is 3.44. The van der Waals surface area contributed by atoms with Crippen LogP contribution in [-0.2, 0) is 4.74 Å². The highest BCUT2D eigenvalue weighted by atomic mass is 16.5. The van der Waals surface area contributed by atoms with Gasteiger partial charge in [0.25, 0.3) is 0 Å². The molecule has 1 heterocycles. The molecule has 1 fully saturated rings. The molecule has 0 saturated carbocycles. The Morgan fingerprint density at radius 1 is 0.963 bits per heavy atom. The summed E-state index contributed by atoms with van der Waals surface area (Å²) in [5.74, 6) is 3.08. The van der Waals surface area contributed by atoms with E-state index in [0.29, 0.717) is 24.4 Å². The molecule has 1 saturated heterocycles. The molecule has 0 aliphatic carbocycles. The van der Waals surface area contributed by atoms with Crippen molar-refractivity contribution >= 4 is 0 Å². The fourth-order valence-electron chi connectivity index (χ4n) is 2.10. The molecule has 0 bridgehead atoms. The number of piperidine rings is 1. The van der Waals surface area contributed by atoms with Gasteiger partial charge in [0.15, 0.2) is 0 Å². The van der Waals surface area contributed by atoms with Crippen molar-refractivity contribution in [3.05, 3.63) is 0 Å². The van der Waals surface area contributed by atoms with E-state index in [-0.39, 0.29) is 0 Å². The lowest BCUT2D eigenvalue weighted by Gasteiger charge is -2.26. The Kier molecular flexibility index (Phi) is 27.8. The predicted octanol–water partition coefficient (Wildman–Crippen LogP) is 3.60. The molecule has 0 aromatic carbocycles. The normalized spacial score (nSPS) is 21.9. The first-order valence-corrected chi connectivity index (χ1v) is 11.1. The van der Waals surface area contributed by atoms with Gasteiger partial charge in [-0.1, -0.05) is 54.4 Å². The summed E-state index contributed by atoms with van der Waals surface area (Å²) in [6.45, 7) is 19.9. The van der Waals surface area contributed by atoms with Crippen LogP contribution in [0.25, 0.3) is 0 Å². The maximum absolute atomic E-state index is 5.29. The Labute approximate surface area is 171 Å². The molecule has 1 aliphatic heterocycles. The van der Waals surface area contributed by atoms with Crippen molar-refractivity contribution in [1.29, 1.82) is 0 Å². The summed E-state index contributed by atoms with van der Waals surface area (Å²) in [5.41, 5.74) is 15.9. The SMILES string of the molecule is CCC(C)CN.CCC(C)N.CCC1CNCC(C)C1.COCC(C)CN. The maximum Gasteiger partial charge on any atom is 0.0499 e.